The van der Waals surface area contributed by atoms with E-state index in [9.17, 15) is 4.79 Å². The minimum atomic E-state index is -0.0780. The van der Waals surface area contributed by atoms with Crippen LogP contribution in [-0.4, -0.2) is 5.97 Å². The summed E-state index contributed by atoms with van der Waals surface area (Å²) in [5.41, 5.74) is 0. The zero-order valence-corrected chi connectivity index (χ0v) is 13.0. The number of unbranched alkanes of at least 4 members (excludes halogenated alkanes) is 8. The minimum absolute atomic E-state index is 0.0780. The molecule has 0 amide bonds. The first kappa shape index (κ1) is 17.0. The van der Waals surface area contributed by atoms with Gasteiger partial charge in [-0.15, -0.1) is 0 Å². The van der Waals surface area contributed by atoms with Gasteiger partial charge in [-0.25, -0.2) is 0 Å². The Morgan fingerprint density at radius 3 is 2.25 bits per heavy atom. The van der Waals surface area contributed by atoms with E-state index in [2.05, 4.69) is 13.0 Å². The first-order chi connectivity index (χ1) is 9.83. The normalized spacial score (nSPS) is 14.2. The fourth-order valence-electron chi connectivity index (χ4n) is 2.43. The molecule has 1 rings (SSSR count). The summed E-state index contributed by atoms with van der Waals surface area (Å²) in [6.07, 6.45) is 20.0. The maximum atomic E-state index is 11.6. The molecule has 0 N–H and O–H groups in total. The predicted molar refractivity (Wildman–Crippen MR) is 84.4 cm³/mol. The van der Waals surface area contributed by atoms with Crippen molar-refractivity contribution in [3.05, 3.63) is 24.0 Å². The number of rotatable bonds is 11. The molecule has 0 spiro atoms. The molecule has 0 radical (unpaired) electrons. The molecule has 2 nitrogen and oxygen atoms in total. The van der Waals surface area contributed by atoms with Gasteiger partial charge in [-0.1, -0.05) is 64.4 Å². The molecule has 0 saturated heterocycles. The van der Waals surface area contributed by atoms with Crippen LogP contribution in [0.25, 0.3) is 0 Å². The maximum absolute atomic E-state index is 11.6. The lowest BCUT2D eigenvalue weighted by molar-refractivity contribution is -0.139. The highest BCUT2D eigenvalue weighted by Crippen LogP contribution is 2.14. The molecule has 0 atom stereocenters. The lowest BCUT2D eigenvalue weighted by Crippen LogP contribution is -2.04. The van der Waals surface area contributed by atoms with Crippen LogP contribution >= 0.6 is 0 Å². The van der Waals surface area contributed by atoms with Crippen LogP contribution in [0.3, 0.4) is 0 Å². The number of carbonyl (C=O) groups is 1. The van der Waals surface area contributed by atoms with E-state index < -0.39 is 0 Å². The monoisotopic (exact) mass is 278 g/mol. The molecule has 0 aromatic rings. The van der Waals surface area contributed by atoms with Gasteiger partial charge in [0.15, 0.2) is 0 Å². The van der Waals surface area contributed by atoms with Gasteiger partial charge >= 0.3 is 5.97 Å². The van der Waals surface area contributed by atoms with Crippen molar-refractivity contribution in [2.45, 2.75) is 84.0 Å². The second kappa shape index (κ2) is 11.7. The Balaban J connectivity index is 1.89. The highest BCUT2D eigenvalue weighted by molar-refractivity contribution is 5.70. The molecule has 114 valence electrons. The lowest BCUT2D eigenvalue weighted by atomic mass is 10.1. The molecular formula is C18H30O2. The molecule has 20 heavy (non-hydrogen) atoms. The van der Waals surface area contributed by atoms with Gasteiger partial charge in [-0.05, 0) is 31.4 Å². The number of ether oxygens (including phenoxy) is 1. The molecule has 0 bridgehead atoms. The van der Waals surface area contributed by atoms with E-state index in [-0.39, 0.29) is 5.97 Å². The van der Waals surface area contributed by atoms with Crippen LogP contribution in [0.4, 0.5) is 0 Å². The Kier molecular flexibility index (Phi) is 9.99. The summed E-state index contributed by atoms with van der Waals surface area (Å²) < 4.78 is 5.30. The second-order valence-electron chi connectivity index (χ2n) is 5.64. The first-order valence-electron chi connectivity index (χ1n) is 8.40. The van der Waals surface area contributed by atoms with Crippen LogP contribution < -0.4 is 0 Å². The van der Waals surface area contributed by atoms with Crippen molar-refractivity contribution < 1.29 is 9.53 Å². The van der Waals surface area contributed by atoms with Gasteiger partial charge in [0.1, 0.15) is 5.76 Å². The Labute approximate surface area is 124 Å². The van der Waals surface area contributed by atoms with Crippen molar-refractivity contribution in [2.75, 3.05) is 0 Å². The highest BCUT2D eigenvalue weighted by atomic mass is 16.5. The average molecular weight is 278 g/mol. The summed E-state index contributed by atoms with van der Waals surface area (Å²) in [6, 6.07) is 0. The number of hydrogen-bond donors (Lipinski definition) is 0. The Hall–Kier alpha value is -1.05. The van der Waals surface area contributed by atoms with Crippen molar-refractivity contribution in [1.29, 1.82) is 0 Å². The summed E-state index contributed by atoms with van der Waals surface area (Å²) in [7, 11) is 0. The highest BCUT2D eigenvalue weighted by Gasteiger charge is 2.06. The van der Waals surface area contributed by atoms with Gasteiger partial charge < -0.3 is 4.74 Å². The molecule has 0 fully saturated rings. The van der Waals surface area contributed by atoms with E-state index in [4.69, 9.17) is 4.74 Å². The van der Waals surface area contributed by atoms with Crippen LogP contribution in [0.15, 0.2) is 24.0 Å². The van der Waals surface area contributed by atoms with E-state index >= 15 is 0 Å². The lowest BCUT2D eigenvalue weighted by Gasteiger charge is -2.07. The molecule has 0 heterocycles. The number of hydrogen-bond acceptors (Lipinski definition) is 2. The maximum Gasteiger partial charge on any atom is 0.311 e. The van der Waals surface area contributed by atoms with Gasteiger partial charge in [0.05, 0.1) is 0 Å². The smallest absolute Gasteiger partial charge is 0.311 e. The second-order valence-corrected chi connectivity index (χ2v) is 5.64. The van der Waals surface area contributed by atoms with Crippen molar-refractivity contribution >= 4 is 5.97 Å². The van der Waals surface area contributed by atoms with E-state index in [1.54, 1.807) is 0 Å². The molecular weight excluding hydrogens is 248 g/mol. The molecule has 1 aliphatic rings. The van der Waals surface area contributed by atoms with Crippen molar-refractivity contribution in [3.8, 4) is 0 Å². The largest absolute Gasteiger partial charge is 0.427 e. The van der Waals surface area contributed by atoms with Crippen LogP contribution in [0.2, 0.25) is 0 Å². The van der Waals surface area contributed by atoms with Gasteiger partial charge in [0, 0.05) is 6.42 Å². The van der Waals surface area contributed by atoms with E-state index in [1.807, 2.05) is 12.2 Å². The molecule has 2 heteroatoms. The molecule has 0 aromatic carbocycles. The fraction of sp³-hybridized carbons (Fsp3) is 0.722. The molecule has 1 aliphatic carbocycles. The van der Waals surface area contributed by atoms with E-state index in [0.29, 0.717) is 6.42 Å². The number of carbonyl (C=O) groups excluding carboxylic acids is 1. The summed E-state index contributed by atoms with van der Waals surface area (Å²) in [5.74, 6) is 0.655. The van der Waals surface area contributed by atoms with Crippen LogP contribution in [-0.2, 0) is 9.53 Å². The quantitative estimate of drug-likeness (QED) is 0.359. The van der Waals surface area contributed by atoms with Crippen LogP contribution in [0.1, 0.15) is 84.0 Å². The first-order valence-corrected chi connectivity index (χ1v) is 8.40. The minimum Gasteiger partial charge on any atom is -0.427 e. The zero-order valence-electron chi connectivity index (χ0n) is 13.0. The Morgan fingerprint density at radius 1 is 1.00 bits per heavy atom. The summed E-state index contributed by atoms with van der Waals surface area (Å²) in [6.45, 7) is 2.25. The fourth-order valence-corrected chi connectivity index (χ4v) is 2.43. The van der Waals surface area contributed by atoms with Crippen molar-refractivity contribution in [1.82, 2.24) is 0 Å². The van der Waals surface area contributed by atoms with Crippen molar-refractivity contribution in [3.63, 3.8) is 0 Å². The standard InChI is InChI=1S/C18H30O2/c1-2-3-4-5-6-7-8-9-13-16-18(19)20-17-14-11-10-12-15-17/h11,14-15H,2-10,12-13,16H2,1H3. The van der Waals surface area contributed by atoms with Crippen LogP contribution in [0, 0.1) is 0 Å². The van der Waals surface area contributed by atoms with Crippen LogP contribution in [0.5, 0.6) is 0 Å². The Bertz CT molecular complexity index is 315. The molecule has 0 aromatic heterocycles. The van der Waals surface area contributed by atoms with Gasteiger partial charge in [-0.3, -0.25) is 4.79 Å². The molecule has 0 saturated carbocycles. The number of esters is 1. The molecule has 0 unspecified atom stereocenters. The van der Waals surface area contributed by atoms with Gasteiger partial charge in [-0.2, -0.15) is 0 Å². The molecule has 0 aliphatic heterocycles. The summed E-state index contributed by atoms with van der Waals surface area (Å²) in [4.78, 5) is 11.6. The number of allylic oxidation sites excluding steroid dienone is 3. The summed E-state index contributed by atoms with van der Waals surface area (Å²) in [5, 5.41) is 0. The van der Waals surface area contributed by atoms with Gasteiger partial charge in [0.2, 0.25) is 0 Å². The third-order valence-electron chi connectivity index (χ3n) is 3.68. The van der Waals surface area contributed by atoms with E-state index in [0.717, 1.165) is 31.4 Å². The van der Waals surface area contributed by atoms with Crippen molar-refractivity contribution in [2.24, 2.45) is 0 Å². The average Bonchev–Trinajstić information content (AvgIpc) is 2.46. The third kappa shape index (κ3) is 8.95. The van der Waals surface area contributed by atoms with Gasteiger partial charge in [0.25, 0.3) is 0 Å². The predicted octanol–water partition coefficient (Wildman–Crippen LogP) is 5.68. The Morgan fingerprint density at radius 2 is 1.65 bits per heavy atom. The zero-order chi connectivity index (χ0) is 14.5. The topological polar surface area (TPSA) is 26.3 Å². The third-order valence-corrected chi connectivity index (χ3v) is 3.68. The van der Waals surface area contributed by atoms with E-state index in [1.165, 1.54) is 44.9 Å². The summed E-state index contributed by atoms with van der Waals surface area (Å²) >= 11 is 0. The SMILES string of the molecule is CCCCCCCCCCCC(=O)OC1=CCCC=C1.